The molecule has 3 N–H and O–H groups in total. The number of thiocarbonyl (C=S) groups is 1. The van der Waals surface area contributed by atoms with Gasteiger partial charge in [-0.05, 0) is 37.2 Å². The van der Waals surface area contributed by atoms with Gasteiger partial charge in [-0.3, -0.25) is 5.32 Å². The van der Waals surface area contributed by atoms with Crippen molar-refractivity contribution < 1.29 is 9.52 Å². The average molecular weight is 289 g/mol. The quantitative estimate of drug-likeness (QED) is 0.594. The fraction of sp³-hybridized carbons (Fsp3) is 0.286. The fourth-order valence-corrected chi connectivity index (χ4v) is 2.25. The van der Waals surface area contributed by atoms with Gasteiger partial charge in [-0.25, -0.2) is 4.98 Å². The molecule has 1 heterocycles. The lowest BCUT2D eigenvalue weighted by Gasteiger charge is -2.22. The van der Waals surface area contributed by atoms with Crippen LogP contribution in [0.1, 0.15) is 30.9 Å². The molecule has 3 rings (SSSR count). The number of oxazole rings is 1. The van der Waals surface area contributed by atoms with Crippen molar-refractivity contribution >= 4 is 29.0 Å². The van der Waals surface area contributed by atoms with E-state index in [1.807, 2.05) is 6.07 Å². The zero-order valence-electron chi connectivity index (χ0n) is 10.8. The Bertz CT molecular complexity index is 622. The molecule has 0 spiro atoms. The van der Waals surface area contributed by atoms with Crippen molar-refractivity contribution in [2.75, 3.05) is 10.6 Å². The summed E-state index contributed by atoms with van der Waals surface area (Å²) in [4.78, 5) is 4.16. The van der Waals surface area contributed by atoms with E-state index in [0.717, 1.165) is 18.6 Å². The van der Waals surface area contributed by atoms with Gasteiger partial charge in [-0.1, -0.05) is 18.6 Å². The maximum absolute atomic E-state index is 9.65. The molecule has 6 heteroatoms. The number of benzene rings is 1. The number of nitrogens with one attached hydrogen (secondary N) is 2. The predicted molar refractivity (Wildman–Crippen MR) is 81.0 cm³/mol. The summed E-state index contributed by atoms with van der Waals surface area (Å²) in [5.74, 6) is 1.54. The first kappa shape index (κ1) is 12.9. The molecule has 1 fully saturated rings. The average Bonchev–Trinajstić information content (AvgIpc) is 2.78. The van der Waals surface area contributed by atoms with Gasteiger partial charge in [-0.15, -0.1) is 0 Å². The van der Waals surface area contributed by atoms with E-state index in [9.17, 15) is 5.11 Å². The first-order valence-corrected chi connectivity index (χ1v) is 6.95. The molecular formula is C14H15N3O2S. The minimum atomic E-state index is 0.138. The van der Waals surface area contributed by atoms with Crippen LogP contribution in [0.2, 0.25) is 0 Å². The highest BCUT2D eigenvalue weighted by atomic mass is 32.1. The fourth-order valence-electron chi connectivity index (χ4n) is 2.06. The van der Waals surface area contributed by atoms with Crippen molar-refractivity contribution in [2.45, 2.75) is 25.2 Å². The highest BCUT2D eigenvalue weighted by Gasteiger charge is 2.23. The van der Waals surface area contributed by atoms with Crippen molar-refractivity contribution in [3.63, 3.8) is 0 Å². The van der Waals surface area contributed by atoms with E-state index in [1.165, 1.54) is 6.42 Å². The second-order valence-corrected chi connectivity index (χ2v) is 5.20. The van der Waals surface area contributed by atoms with Gasteiger partial charge < -0.3 is 14.8 Å². The van der Waals surface area contributed by atoms with Gasteiger partial charge in [0.15, 0.2) is 5.11 Å². The van der Waals surface area contributed by atoms with E-state index in [1.54, 1.807) is 24.4 Å². The molecule has 1 aliphatic rings. The lowest BCUT2D eigenvalue weighted by atomic mass is 9.84. The van der Waals surface area contributed by atoms with Gasteiger partial charge in [0.1, 0.15) is 11.5 Å². The number of rotatable bonds is 3. The molecule has 2 aromatic rings. The molecule has 5 nitrogen and oxygen atoms in total. The number of para-hydroxylation sites is 2. The standard InChI is InChI=1S/C14H15N3O2S/c18-11-7-2-1-6-10(11)16-14(20)17-13-15-8-12(19-13)9-4-3-5-9/h1-2,6-9,18H,3-5H2,(H2,15,16,17,20). The SMILES string of the molecule is Oc1ccccc1NC(=S)Nc1ncc(C2CCC2)o1. The minimum Gasteiger partial charge on any atom is -0.506 e. The molecule has 0 saturated heterocycles. The molecule has 0 unspecified atom stereocenters. The molecule has 1 aromatic carbocycles. The monoisotopic (exact) mass is 289 g/mol. The number of nitrogens with zero attached hydrogens (tertiary/aromatic N) is 1. The number of hydrogen-bond acceptors (Lipinski definition) is 4. The van der Waals surface area contributed by atoms with Crippen LogP contribution >= 0.6 is 12.2 Å². The summed E-state index contributed by atoms with van der Waals surface area (Å²) >= 11 is 5.16. The first-order chi connectivity index (χ1) is 9.72. The lowest BCUT2D eigenvalue weighted by Crippen LogP contribution is -2.19. The van der Waals surface area contributed by atoms with Crippen molar-refractivity contribution in [1.82, 2.24) is 4.98 Å². The van der Waals surface area contributed by atoms with Crippen LogP contribution < -0.4 is 10.6 Å². The van der Waals surface area contributed by atoms with E-state index in [2.05, 4.69) is 15.6 Å². The summed E-state index contributed by atoms with van der Waals surface area (Å²) in [7, 11) is 0. The third-order valence-electron chi connectivity index (χ3n) is 3.40. The van der Waals surface area contributed by atoms with Gasteiger partial charge in [0.25, 0.3) is 0 Å². The van der Waals surface area contributed by atoms with E-state index in [0.29, 0.717) is 22.7 Å². The molecular weight excluding hydrogens is 274 g/mol. The van der Waals surface area contributed by atoms with Crippen molar-refractivity contribution in [3.05, 3.63) is 36.2 Å². The van der Waals surface area contributed by atoms with Gasteiger partial charge in [0.2, 0.25) is 0 Å². The molecule has 1 aliphatic carbocycles. The number of aromatic hydroxyl groups is 1. The Labute approximate surface area is 122 Å². The smallest absolute Gasteiger partial charge is 0.301 e. The third kappa shape index (κ3) is 2.75. The first-order valence-electron chi connectivity index (χ1n) is 6.54. The van der Waals surface area contributed by atoms with Gasteiger partial charge in [0.05, 0.1) is 11.9 Å². The van der Waals surface area contributed by atoms with Gasteiger partial charge >= 0.3 is 6.01 Å². The summed E-state index contributed by atoms with van der Waals surface area (Å²) in [5.41, 5.74) is 0.538. The summed E-state index contributed by atoms with van der Waals surface area (Å²) < 4.78 is 5.61. The molecule has 1 aromatic heterocycles. The lowest BCUT2D eigenvalue weighted by molar-refractivity contribution is 0.351. The van der Waals surface area contributed by atoms with Crippen molar-refractivity contribution in [2.24, 2.45) is 0 Å². The van der Waals surface area contributed by atoms with Crippen molar-refractivity contribution in [1.29, 1.82) is 0 Å². The van der Waals surface area contributed by atoms with Crippen LogP contribution in [0, 0.1) is 0 Å². The second-order valence-electron chi connectivity index (χ2n) is 4.79. The highest BCUT2D eigenvalue weighted by molar-refractivity contribution is 7.80. The zero-order valence-corrected chi connectivity index (χ0v) is 11.6. The highest BCUT2D eigenvalue weighted by Crippen LogP contribution is 2.37. The van der Waals surface area contributed by atoms with Crippen LogP contribution in [0.5, 0.6) is 5.75 Å². The Balaban J connectivity index is 1.61. The molecule has 0 atom stereocenters. The van der Waals surface area contributed by atoms with Crippen LogP contribution in [0.3, 0.4) is 0 Å². The predicted octanol–water partition coefficient (Wildman–Crippen LogP) is 3.46. The molecule has 0 amide bonds. The maximum Gasteiger partial charge on any atom is 0.301 e. The molecule has 0 radical (unpaired) electrons. The summed E-state index contributed by atoms with van der Waals surface area (Å²) in [5, 5.41) is 15.7. The van der Waals surface area contributed by atoms with Gasteiger partial charge in [-0.2, -0.15) is 0 Å². The Morgan fingerprint density at radius 3 is 2.80 bits per heavy atom. The number of aromatic nitrogens is 1. The number of anilines is 2. The summed E-state index contributed by atoms with van der Waals surface area (Å²) in [6.07, 6.45) is 5.32. The molecule has 20 heavy (non-hydrogen) atoms. The van der Waals surface area contributed by atoms with E-state index in [4.69, 9.17) is 16.6 Å². The maximum atomic E-state index is 9.65. The van der Waals surface area contributed by atoms with E-state index in [-0.39, 0.29) is 5.75 Å². The number of phenols is 1. The van der Waals surface area contributed by atoms with Crippen LogP contribution in [0.25, 0.3) is 0 Å². The number of phenolic OH excluding ortho intramolecular Hbond substituents is 1. The Kier molecular flexibility index (Phi) is 3.56. The van der Waals surface area contributed by atoms with E-state index < -0.39 is 0 Å². The molecule has 1 saturated carbocycles. The molecule has 0 bridgehead atoms. The summed E-state index contributed by atoms with van der Waals surface area (Å²) in [6, 6.07) is 7.25. The van der Waals surface area contributed by atoms with Gasteiger partial charge in [0, 0.05) is 5.92 Å². The second kappa shape index (κ2) is 5.50. The minimum absolute atomic E-state index is 0.138. The normalized spacial score (nSPS) is 14.6. The summed E-state index contributed by atoms with van der Waals surface area (Å²) in [6.45, 7) is 0. The zero-order chi connectivity index (χ0) is 13.9. The Morgan fingerprint density at radius 2 is 2.10 bits per heavy atom. The van der Waals surface area contributed by atoms with Crippen molar-refractivity contribution in [3.8, 4) is 5.75 Å². The molecule has 104 valence electrons. The number of hydrogen-bond donors (Lipinski definition) is 3. The Hall–Kier alpha value is -2.08. The van der Waals surface area contributed by atoms with Crippen LogP contribution in [-0.4, -0.2) is 15.2 Å². The molecule has 0 aliphatic heterocycles. The largest absolute Gasteiger partial charge is 0.506 e. The van der Waals surface area contributed by atoms with E-state index >= 15 is 0 Å². The third-order valence-corrected chi connectivity index (χ3v) is 3.61. The van der Waals surface area contributed by atoms with Crippen LogP contribution in [-0.2, 0) is 0 Å². The Morgan fingerprint density at radius 1 is 1.30 bits per heavy atom. The van der Waals surface area contributed by atoms with Crippen LogP contribution in [0.15, 0.2) is 34.9 Å². The van der Waals surface area contributed by atoms with Crippen LogP contribution in [0.4, 0.5) is 11.7 Å². The topological polar surface area (TPSA) is 70.3 Å².